The van der Waals surface area contributed by atoms with E-state index in [0.29, 0.717) is 16.0 Å². The third kappa shape index (κ3) is 5.57. The number of nitrogens with zero attached hydrogens (tertiary/aromatic N) is 1. The first-order valence-corrected chi connectivity index (χ1v) is 9.51. The third-order valence-electron chi connectivity index (χ3n) is 4.03. The summed E-state index contributed by atoms with van der Waals surface area (Å²) in [5, 5.41) is 14.4. The molecule has 0 bridgehead atoms. The molecule has 0 unspecified atom stereocenters. The van der Waals surface area contributed by atoms with E-state index in [1.165, 1.54) is 24.4 Å². The predicted octanol–water partition coefficient (Wildman–Crippen LogP) is 4.65. The molecule has 10 heteroatoms. The Morgan fingerprint density at radius 1 is 1.07 bits per heavy atom. The predicted molar refractivity (Wildman–Crippen MR) is 107 cm³/mol. The molecule has 3 aromatic rings. The molecule has 0 spiro atoms. The Labute approximate surface area is 173 Å². The highest BCUT2D eigenvalue weighted by Crippen LogP contribution is 2.34. The monoisotopic (exact) mass is 435 g/mol. The van der Waals surface area contributed by atoms with Crippen molar-refractivity contribution < 1.29 is 27.9 Å². The van der Waals surface area contributed by atoms with Gasteiger partial charge in [0.2, 0.25) is 0 Å². The summed E-state index contributed by atoms with van der Waals surface area (Å²) in [6, 6.07) is 11.6. The zero-order chi connectivity index (χ0) is 21.7. The van der Waals surface area contributed by atoms with Crippen molar-refractivity contribution in [1.29, 1.82) is 0 Å². The average molecular weight is 435 g/mol. The Morgan fingerprint density at radius 2 is 1.77 bits per heavy atom. The molecular weight excluding hydrogens is 419 g/mol. The highest BCUT2D eigenvalue weighted by molar-refractivity contribution is 7.15. The summed E-state index contributed by atoms with van der Waals surface area (Å²) in [5.41, 5.74) is 0.269. The number of aliphatic carboxylic acids is 1. The lowest BCUT2D eigenvalue weighted by Gasteiger charge is -2.14. The zero-order valence-electron chi connectivity index (χ0n) is 15.4. The van der Waals surface area contributed by atoms with Crippen LogP contribution in [0.15, 0.2) is 54.7 Å². The fourth-order valence-electron chi connectivity index (χ4n) is 2.62. The maximum Gasteiger partial charge on any atom is 0.418 e. The van der Waals surface area contributed by atoms with Crippen LogP contribution in [0.4, 0.5) is 24.0 Å². The molecule has 0 aliphatic rings. The minimum Gasteiger partial charge on any atom is -0.481 e. The number of amides is 1. The van der Waals surface area contributed by atoms with Crippen molar-refractivity contribution in [2.24, 2.45) is 0 Å². The van der Waals surface area contributed by atoms with Gasteiger partial charge in [0.15, 0.2) is 5.13 Å². The molecule has 1 amide bonds. The average Bonchev–Trinajstić information content (AvgIpc) is 3.12. The van der Waals surface area contributed by atoms with Crippen LogP contribution in [0.25, 0.3) is 0 Å². The molecule has 0 saturated carbocycles. The molecule has 0 saturated heterocycles. The number of benzene rings is 2. The number of thiazole rings is 1. The van der Waals surface area contributed by atoms with Gasteiger partial charge in [-0.05, 0) is 29.8 Å². The van der Waals surface area contributed by atoms with Gasteiger partial charge in [-0.15, -0.1) is 11.3 Å². The molecule has 156 valence electrons. The zero-order valence-corrected chi connectivity index (χ0v) is 16.2. The van der Waals surface area contributed by atoms with Gasteiger partial charge in [0.1, 0.15) is 0 Å². The Hall–Kier alpha value is -3.40. The van der Waals surface area contributed by atoms with Crippen LogP contribution in [-0.4, -0.2) is 22.0 Å². The van der Waals surface area contributed by atoms with Crippen LogP contribution in [-0.2, 0) is 23.9 Å². The first-order valence-electron chi connectivity index (χ1n) is 8.69. The van der Waals surface area contributed by atoms with E-state index in [2.05, 4.69) is 15.6 Å². The largest absolute Gasteiger partial charge is 0.481 e. The Balaban J connectivity index is 1.61. The second-order valence-electron chi connectivity index (χ2n) is 6.25. The molecule has 0 radical (unpaired) electrons. The highest BCUT2D eigenvalue weighted by atomic mass is 32.1. The SMILES string of the molecule is O=C(O)Cc1cnc(NC(=O)c2ccc(CNc3ccccc3C(F)(F)F)cc2)s1. The van der Waals surface area contributed by atoms with Gasteiger partial charge in [-0.25, -0.2) is 4.98 Å². The van der Waals surface area contributed by atoms with Gasteiger partial charge in [0, 0.05) is 28.9 Å². The van der Waals surface area contributed by atoms with Gasteiger partial charge >= 0.3 is 12.1 Å². The molecule has 1 heterocycles. The lowest BCUT2D eigenvalue weighted by Crippen LogP contribution is -2.12. The second-order valence-corrected chi connectivity index (χ2v) is 7.37. The maximum absolute atomic E-state index is 13.0. The van der Waals surface area contributed by atoms with Crippen molar-refractivity contribution in [3.63, 3.8) is 0 Å². The minimum absolute atomic E-state index is 0.0206. The van der Waals surface area contributed by atoms with E-state index < -0.39 is 23.6 Å². The molecule has 0 atom stereocenters. The fourth-order valence-corrected chi connectivity index (χ4v) is 3.42. The van der Waals surface area contributed by atoms with E-state index in [1.807, 2.05) is 0 Å². The molecule has 3 rings (SSSR count). The molecule has 3 N–H and O–H groups in total. The van der Waals surface area contributed by atoms with Crippen molar-refractivity contribution in [3.05, 3.63) is 76.3 Å². The van der Waals surface area contributed by atoms with Gasteiger partial charge in [0.25, 0.3) is 5.91 Å². The van der Waals surface area contributed by atoms with Gasteiger partial charge in [-0.2, -0.15) is 13.2 Å². The molecule has 6 nitrogen and oxygen atoms in total. The van der Waals surface area contributed by atoms with Crippen LogP contribution in [0.3, 0.4) is 0 Å². The van der Waals surface area contributed by atoms with Crippen LogP contribution >= 0.6 is 11.3 Å². The van der Waals surface area contributed by atoms with Gasteiger partial charge in [-0.1, -0.05) is 24.3 Å². The van der Waals surface area contributed by atoms with E-state index in [-0.39, 0.29) is 23.8 Å². The molecule has 0 aliphatic carbocycles. The highest BCUT2D eigenvalue weighted by Gasteiger charge is 2.33. The number of para-hydroxylation sites is 1. The Kier molecular flexibility index (Phi) is 6.36. The molecule has 1 aromatic heterocycles. The first-order chi connectivity index (χ1) is 14.2. The summed E-state index contributed by atoms with van der Waals surface area (Å²) in [4.78, 5) is 27.5. The molecule has 30 heavy (non-hydrogen) atoms. The lowest BCUT2D eigenvalue weighted by molar-refractivity contribution is -0.137. The number of carboxylic acids is 1. The van der Waals surface area contributed by atoms with E-state index >= 15 is 0 Å². The molecule has 0 aliphatic heterocycles. The number of rotatable bonds is 7. The van der Waals surface area contributed by atoms with Crippen LogP contribution < -0.4 is 10.6 Å². The maximum atomic E-state index is 13.0. The number of alkyl halides is 3. The number of carboxylic acid groups (broad SMARTS) is 1. The summed E-state index contributed by atoms with van der Waals surface area (Å²) in [6.45, 7) is 0.153. The number of carbonyl (C=O) groups is 2. The van der Waals surface area contributed by atoms with Crippen molar-refractivity contribution in [3.8, 4) is 0 Å². The Bertz CT molecular complexity index is 1050. The number of carbonyl (C=O) groups excluding carboxylic acids is 1. The van der Waals surface area contributed by atoms with Crippen LogP contribution in [0.2, 0.25) is 0 Å². The second kappa shape index (κ2) is 8.95. The topological polar surface area (TPSA) is 91.3 Å². The van der Waals surface area contributed by atoms with Gasteiger partial charge < -0.3 is 10.4 Å². The fraction of sp³-hybridized carbons (Fsp3) is 0.150. The van der Waals surface area contributed by atoms with E-state index in [1.54, 1.807) is 24.3 Å². The van der Waals surface area contributed by atoms with Crippen LogP contribution in [0.1, 0.15) is 26.4 Å². The standard InChI is InChI=1S/C20H16F3N3O3S/c21-20(22,23)15-3-1-2-4-16(15)24-10-12-5-7-13(8-6-12)18(29)26-19-25-11-14(30-19)9-17(27)28/h1-8,11,24H,9-10H2,(H,27,28)(H,25,26,29). The third-order valence-corrected chi connectivity index (χ3v) is 4.94. The number of hydrogen-bond acceptors (Lipinski definition) is 5. The number of hydrogen-bond donors (Lipinski definition) is 3. The van der Waals surface area contributed by atoms with Crippen molar-refractivity contribution in [2.45, 2.75) is 19.1 Å². The number of anilines is 2. The number of aromatic nitrogens is 1. The quantitative estimate of drug-likeness (QED) is 0.502. The molecular formula is C20H16F3N3O3S. The number of nitrogens with one attached hydrogen (secondary N) is 2. The number of halogens is 3. The molecule has 2 aromatic carbocycles. The minimum atomic E-state index is -4.45. The van der Waals surface area contributed by atoms with Crippen molar-refractivity contribution in [2.75, 3.05) is 10.6 Å². The van der Waals surface area contributed by atoms with Crippen molar-refractivity contribution in [1.82, 2.24) is 4.98 Å². The first kappa shape index (κ1) is 21.3. The lowest BCUT2D eigenvalue weighted by atomic mass is 10.1. The van der Waals surface area contributed by atoms with E-state index in [4.69, 9.17) is 5.11 Å². The smallest absolute Gasteiger partial charge is 0.418 e. The van der Waals surface area contributed by atoms with Crippen LogP contribution in [0, 0.1) is 0 Å². The Morgan fingerprint density at radius 3 is 2.43 bits per heavy atom. The summed E-state index contributed by atoms with van der Waals surface area (Å²) >= 11 is 1.07. The summed E-state index contributed by atoms with van der Waals surface area (Å²) in [6.07, 6.45) is -3.24. The molecule has 0 fully saturated rings. The summed E-state index contributed by atoms with van der Waals surface area (Å²) in [5.74, 6) is -1.41. The van der Waals surface area contributed by atoms with Gasteiger partial charge in [-0.3, -0.25) is 14.9 Å². The summed E-state index contributed by atoms with van der Waals surface area (Å²) < 4.78 is 39.1. The normalized spacial score (nSPS) is 11.2. The van der Waals surface area contributed by atoms with Crippen LogP contribution in [0.5, 0.6) is 0 Å². The van der Waals surface area contributed by atoms with Crippen molar-refractivity contribution >= 4 is 34.0 Å². The van der Waals surface area contributed by atoms with E-state index in [9.17, 15) is 22.8 Å². The van der Waals surface area contributed by atoms with E-state index in [0.717, 1.165) is 17.4 Å². The summed E-state index contributed by atoms with van der Waals surface area (Å²) in [7, 11) is 0. The van der Waals surface area contributed by atoms with Gasteiger partial charge in [0.05, 0.1) is 12.0 Å².